The average molecular weight is 347 g/mol. The first-order valence-corrected chi connectivity index (χ1v) is 9.01. The topological polar surface area (TPSA) is 32.9 Å². The van der Waals surface area contributed by atoms with E-state index in [0.717, 1.165) is 16.7 Å². The summed E-state index contributed by atoms with van der Waals surface area (Å²) in [6.07, 6.45) is 7.39. The molecular weight excluding hydrogens is 330 g/mol. The first kappa shape index (κ1) is 15.6. The fourth-order valence-electron chi connectivity index (χ4n) is 3.75. The number of aromatic amines is 1. The fraction of sp³-hybridized carbons (Fsp3) is 0. The van der Waals surface area contributed by atoms with Crippen LogP contribution in [0.1, 0.15) is 11.1 Å². The molecule has 2 aliphatic rings. The van der Waals surface area contributed by atoms with Crippen LogP contribution >= 0.6 is 0 Å². The molecule has 0 saturated heterocycles. The van der Waals surface area contributed by atoms with Gasteiger partial charge in [0.1, 0.15) is 0 Å². The van der Waals surface area contributed by atoms with Crippen molar-refractivity contribution >= 4 is 39.2 Å². The number of hydrogen-bond acceptors (Lipinski definition) is 1. The largest absolute Gasteiger partial charge is 0.355 e. The molecule has 0 radical (unpaired) electrons. The summed E-state index contributed by atoms with van der Waals surface area (Å²) >= 11 is 0. The van der Waals surface area contributed by atoms with Crippen molar-refractivity contribution in [1.29, 1.82) is 0 Å². The molecule has 1 heterocycles. The highest BCUT2D eigenvalue weighted by molar-refractivity contribution is 6.23. The molecule has 0 fully saturated rings. The summed E-state index contributed by atoms with van der Waals surface area (Å²) < 4.78 is 0. The highest BCUT2D eigenvalue weighted by Gasteiger charge is 2.23. The van der Waals surface area contributed by atoms with Crippen molar-refractivity contribution in [2.75, 3.05) is 0 Å². The van der Waals surface area contributed by atoms with Gasteiger partial charge in [-0.3, -0.25) is 4.79 Å². The lowest BCUT2D eigenvalue weighted by Gasteiger charge is -2.06. The van der Waals surface area contributed by atoms with Gasteiger partial charge in [-0.1, -0.05) is 72.8 Å². The second-order valence-corrected chi connectivity index (χ2v) is 6.67. The van der Waals surface area contributed by atoms with Crippen LogP contribution < -0.4 is 0 Å². The molecule has 0 amide bonds. The average Bonchev–Trinajstić information content (AvgIpc) is 3.28. The Morgan fingerprint density at radius 1 is 0.667 bits per heavy atom. The predicted molar refractivity (Wildman–Crippen MR) is 112 cm³/mol. The molecule has 1 aromatic heterocycles. The molecule has 27 heavy (non-hydrogen) atoms. The monoisotopic (exact) mass is 347 g/mol. The zero-order valence-electron chi connectivity index (χ0n) is 14.6. The quantitative estimate of drug-likeness (QED) is 0.420. The number of hydrogen-bond donors (Lipinski definition) is 1. The normalized spacial score (nSPS) is 14.3. The number of nitrogens with one attached hydrogen (secondary N) is 1. The third kappa shape index (κ3) is 2.63. The van der Waals surface area contributed by atoms with Gasteiger partial charge in [0, 0.05) is 27.4 Å². The van der Waals surface area contributed by atoms with Gasteiger partial charge >= 0.3 is 0 Å². The van der Waals surface area contributed by atoms with Crippen LogP contribution in [0.15, 0.2) is 96.6 Å². The highest BCUT2D eigenvalue weighted by Crippen LogP contribution is 2.37. The predicted octanol–water partition coefficient (Wildman–Crippen LogP) is 5.93. The summed E-state index contributed by atoms with van der Waals surface area (Å²) in [5.41, 5.74) is 6.63. The van der Waals surface area contributed by atoms with E-state index in [1.54, 1.807) is 6.08 Å². The van der Waals surface area contributed by atoms with Crippen LogP contribution in [0, 0.1) is 0 Å². The van der Waals surface area contributed by atoms with Gasteiger partial charge in [0.15, 0.2) is 5.78 Å². The Kier molecular flexibility index (Phi) is 3.61. The van der Waals surface area contributed by atoms with E-state index in [1.807, 2.05) is 36.4 Å². The summed E-state index contributed by atoms with van der Waals surface area (Å²) in [6, 6.07) is 24.8. The zero-order valence-corrected chi connectivity index (χ0v) is 14.6. The van der Waals surface area contributed by atoms with Gasteiger partial charge in [-0.2, -0.15) is 0 Å². The number of H-pyrrole nitrogens is 1. The third-order valence-electron chi connectivity index (χ3n) is 5.03. The molecule has 0 spiro atoms. The van der Waals surface area contributed by atoms with E-state index in [1.165, 1.54) is 27.4 Å². The summed E-state index contributed by atoms with van der Waals surface area (Å²) in [4.78, 5) is 14.9. The Morgan fingerprint density at radius 3 is 2.04 bits per heavy atom. The third-order valence-corrected chi connectivity index (χ3v) is 5.03. The number of rotatable bonds is 0. The lowest BCUT2D eigenvalue weighted by atomic mass is 9.96. The molecular formula is C25H17NO. The van der Waals surface area contributed by atoms with Crippen molar-refractivity contribution < 1.29 is 4.79 Å². The Balaban J connectivity index is 0.000000119. The molecule has 128 valence electrons. The molecule has 0 saturated carbocycles. The Bertz CT molecular complexity index is 1230. The van der Waals surface area contributed by atoms with E-state index in [-0.39, 0.29) is 5.78 Å². The number of allylic oxidation sites excluding steroid dienone is 5. The number of carbonyl (C=O) groups excluding carboxylic acids is 1. The number of fused-ring (bicyclic) bond motifs is 6. The van der Waals surface area contributed by atoms with Gasteiger partial charge in [0.25, 0.3) is 0 Å². The maximum Gasteiger partial charge on any atom is 0.186 e. The van der Waals surface area contributed by atoms with Crippen LogP contribution in [0.3, 0.4) is 0 Å². The molecule has 0 aliphatic heterocycles. The molecule has 0 bridgehead atoms. The summed E-state index contributed by atoms with van der Waals surface area (Å²) in [5, 5.41) is 2.61. The lowest BCUT2D eigenvalue weighted by Crippen LogP contribution is -2.00. The van der Waals surface area contributed by atoms with E-state index in [9.17, 15) is 4.79 Å². The Labute approximate surface area is 157 Å². The summed E-state index contributed by atoms with van der Waals surface area (Å²) in [7, 11) is 0. The lowest BCUT2D eigenvalue weighted by molar-refractivity contribution is -0.110. The second kappa shape index (κ2) is 6.26. The summed E-state index contributed by atoms with van der Waals surface area (Å²) in [6.45, 7) is 0. The van der Waals surface area contributed by atoms with E-state index in [4.69, 9.17) is 0 Å². The number of carbonyl (C=O) groups is 1. The molecule has 2 heteroatoms. The Morgan fingerprint density at radius 2 is 1.30 bits per heavy atom. The van der Waals surface area contributed by atoms with Crippen molar-refractivity contribution in [2.45, 2.75) is 0 Å². The number of benzene rings is 3. The first-order chi connectivity index (χ1) is 13.3. The van der Waals surface area contributed by atoms with Crippen molar-refractivity contribution in [2.24, 2.45) is 0 Å². The minimum Gasteiger partial charge on any atom is -0.355 e. The van der Waals surface area contributed by atoms with Crippen LogP contribution in [0.2, 0.25) is 0 Å². The van der Waals surface area contributed by atoms with E-state index in [0.29, 0.717) is 0 Å². The molecule has 3 aromatic carbocycles. The van der Waals surface area contributed by atoms with Gasteiger partial charge in [0.2, 0.25) is 0 Å². The van der Waals surface area contributed by atoms with Gasteiger partial charge in [-0.25, -0.2) is 0 Å². The maximum absolute atomic E-state index is 11.5. The van der Waals surface area contributed by atoms with Crippen LogP contribution in [0.4, 0.5) is 0 Å². The SMILES string of the molecule is O=C1C=CC=C2C1=Cc1ccccc12.c1ccc2c(c1)[nH]c1ccccc12. The van der Waals surface area contributed by atoms with Crippen molar-refractivity contribution in [3.05, 3.63) is 108 Å². The molecule has 0 atom stereocenters. The Hall–Kier alpha value is -3.65. The minimum absolute atomic E-state index is 0.110. The minimum atomic E-state index is 0.110. The number of aromatic nitrogens is 1. The number of para-hydroxylation sites is 2. The first-order valence-electron chi connectivity index (χ1n) is 9.01. The van der Waals surface area contributed by atoms with Crippen LogP contribution in [0.25, 0.3) is 33.5 Å². The van der Waals surface area contributed by atoms with Crippen LogP contribution in [-0.4, -0.2) is 10.8 Å². The van der Waals surface area contributed by atoms with E-state index >= 15 is 0 Å². The van der Waals surface area contributed by atoms with Crippen LogP contribution in [0.5, 0.6) is 0 Å². The van der Waals surface area contributed by atoms with Gasteiger partial charge in [-0.15, -0.1) is 0 Å². The molecule has 2 aliphatic carbocycles. The van der Waals surface area contributed by atoms with Crippen molar-refractivity contribution in [1.82, 2.24) is 4.98 Å². The zero-order chi connectivity index (χ0) is 18.2. The standard InChI is InChI=1S/C13H8O.C12H9N/c14-13-7-3-6-11-10-5-2-1-4-9(10)8-12(11)13;1-3-7-11-9(5-1)10-6-2-4-8-12(10)13-11/h1-8H;1-8,13H. The van der Waals surface area contributed by atoms with Gasteiger partial charge in [-0.05, 0) is 41.0 Å². The van der Waals surface area contributed by atoms with Crippen molar-refractivity contribution in [3.8, 4) is 0 Å². The van der Waals surface area contributed by atoms with Crippen molar-refractivity contribution in [3.63, 3.8) is 0 Å². The summed E-state index contributed by atoms with van der Waals surface area (Å²) in [5.74, 6) is 0.110. The van der Waals surface area contributed by atoms with Crippen LogP contribution in [-0.2, 0) is 4.79 Å². The molecule has 6 rings (SSSR count). The molecule has 2 nitrogen and oxygen atoms in total. The fourth-order valence-corrected chi connectivity index (χ4v) is 3.75. The molecule has 0 unspecified atom stereocenters. The van der Waals surface area contributed by atoms with E-state index in [2.05, 4.69) is 59.6 Å². The molecule has 1 N–H and O–H groups in total. The van der Waals surface area contributed by atoms with Gasteiger partial charge in [0.05, 0.1) is 0 Å². The van der Waals surface area contributed by atoms with Gasteiger partial charge < -0.3 is 4.98 Å². The smallest absolute Gasteiger partial charge is 0.186 e. The highest BCUT2D eigenvalue weighted by atomic mass is 16.1. The number of ketones is 1. The molecule has 4 aromatic rings. The second-order valence-electron chi connectivity index (χ2n) is 6.67. The maximum atomic E-state index is 11.5. The van der Waals surface area contributed by atoms with E-state index < -0.39 is 0 Å².